The van der Waals surface area contributed by atoms with Crippen LogP contribution >= 0.6 is 15.9 Å². The molecule has 2 bridgehead atoms. The minimum atomic E-state index is 0.820. The Morgan fingerprint density at radius 2 is 2.11 bits per heavy atom. The molecule has 1 heteroatoms. The zero-order valence-corrected chi connectivity index (χ0v) is 13.2. The second kappa shape index (κ2) is 4.48. The quantitative estimate of drug-likeness (QED) is 0.633. The smallest absolute Gasteiger partial charge is 0.0285 e. The molecule has 1 fully saturated rings. The Bertz CT molecular complexity index is 560. The van der Waals surface area contributed by atoms with Gasteiger partial charge in [0.2, 0.25) is 0 Å². The summed E-state index contributed by atoms with van der Waals surface area (Å²) >= 11 is 3.93. The first kappa shape index (κ1) is 12.2. The SMILES string of the molecule is CCCC1CCCc2c1cc1c(c2Br)C=C2CC1C2. The molecule has 19 heavy (non-hydrogen) atoms. The van der Waals surface area contributed by atoms with Crippen molar-refractivity contribution in [3.05, 3.63) is 38.4 Å². The van der Waals surface area contributed by atoms with Crippen molar-refractivity contribution in [3.63, 3.8) is 0 Å². The molecule has 0 amide bonds. The van der Waals surface area contributed by atoms with Crippen molar-refractivity contribution in [2.24, 2.45) is 0 Å². The van der Waals surface area contributed by atoms with Gasteiger partial charge < -0.3 is 0 Å². The molecule has 0 aromatic heterocycles. The fourth-order valence-electron chi connectivity index (χ4n) is 4.30. The first-order valence-corrected chi connectivity index (χ1v) is 8.61. The first-order chi connectivity index (χ1) is 9.28. The van der Waals surface area contributed by atoms with Gasteiger partial charge in [-0.25, -0.2) is 0 Å². The Kier molecular flexibility index (Phi) is 2.88. The van der Waals surface area contributed by atoms with Crippen LogP contribution in [-0.4, -0.2) is 0 Å². The summed E-state index contributed by atoms with van der Waals surface area (Å²) in [6, 6.07) is 2.59. The summed E-state index contributed by atoms with van der Waals surface area (Å²) in [7, 11) is 0. The maximum absolute atomic E-state index is 3.93. The number of hydrogen-bond acceptors (Lipinski definition) is 0. The topological polar surface area (TPSA) is 0 Å². The van der Waals surface area contributed by atoms with E-state index in [0.29, 0.717) is 0 Å². The van der Waals surface area contributed by atoms with Crippen molar-refractivity contribution < 1.29 is 0 Å². The highest BCUT2D eigenvalue weighted by atomic mass is 79.9. The zero-order chi connectivity index (χ0) is 13.0. The van der Waals surface area contributed by atoms with Gasteiger partial charge >= 0.3 is 0 Å². The van der Waals surface area contributed by atoms with E-state index in [1.165, 1.54) is 55.0 Å². The zero-order valence-electron chi connectivity index (χ0n) is 11.6. The average Bonchev–Trinajstić information content (AvgIpc) is 2.39. The highest BCUT2D eigenvalue weighted by Gasteiger charge is 2.34. The van der Waals surface area contributed by atoms with Crippen molar-refractivity contribution >= 4 is 22.0 Å². The molecule has 100 valence electrons. The molecule has 4 aliphatic carbocycles. The van der Waals surface area contributed by atoms with Crippen LogP contribution in [0.1, 0.15) is 79.5 Å². The molecule has 5 rings (SSSR count). The molecule has 1 aromatic carbocycles. The molecule has 0 heterocycles. The minimum Gasteiger partial charge on any atom is -0.0683 e. The van der Waals surface area contributed by atoms with E-state index in [0.717, 1.165) is 11.8 Å². The first-order valence-electron chi connectivity index (χ1n) is 7.82. The molecule has 0 N–H and O–H groups in total. The maximum Gasteiger partial charge on any atom is 0.0285 e. The Labute approximate surface area is 124 Å². The van der Waals surface area contributed by atoms with Crippen molar-refractivity contribution in [1.82, 2.24) is 0 Å². The molecule has 0 nitrogen and oxygen atoms in total. The molecule has 0 saturated heterocycles. The Balaban J connectivity index is 1.87. The average molecular weight is 317 g/mol. The van der Waals surface area contributed by atoms with Crippen LogP contribution in [0.25, 0.3) is 6.08 Å². The summed E-state index contributed by atoms with van der Waals surface area (Å²) < 4.78 is 1.43. The number of rotatable bonds is 2. The highest BCUT2D eigenvalue weighted by Crippen LogP contribution is 2.52. The van der Waals surface area contributed by atoms with E-state index in [1.807, 2.05) is 0 Å². The lowest BCUT2D eigenvalue weighted by atomic mass is 9.67. The lowest BCUT2D eigenvalue weighted by Crippen LogP contribution is -2.21. The predicted molar refractivity (Wildman–Crippen MR) is 84.7 cm³/mol. The van der Waals surface area contributed by atoms with Gasteiger partial charge in [0.15, 0.2) is 0 Å². The van der Waals surface area contributed by atoms with E-state index in [9.17, 15) is 0 Å². The van der Waals surface area contributed by atoms with Crippen LogP contribution < -0.4 is 0 Å². The normalized spacial score (nSPS) is 24.3. The van der Waals surface area contributed by atoms with Crippen LogP contribution in [0.4, 0.5) is 0 Å². The highest BCUT2D eigenvalue weighted by molar-refractivity contribution is 9.10. The van der Waals surface area contributed by atoms with Gasteiger partial charge in [-0.1, -0.05) is 31.1 Å². The van der Waals surface area contributed by atoms with Gasteiger partial charge in [-0.2, -0.15) is 0 Å². The van der Waals surface area contributed by atoms with Gasteiger partial charge in [0.1, 0.15) is 0 Å². The van der Waals surface area contributed by atoms with Gasteiger partial charge in [0.05, 0.1) is 0 Å². The molecule has 1 aromatic rings. The summed E-state index contributed by atoms with van der Waals surface area (Å²) in [5.74, 6) is 1.65. The van der Waals surface area contributed by atoms with Crippen LogP contribution in [-0.2, 0) is 6.42 Å². The largest absolute Gasteiger partial charge is 0.0683 e. The molecule has 0 radical (unpaired) electrons. The van der Waals surface area contributed by atoms with Crippen molar-refractivity contribution in [1.29, 1.82) is 0 Å². The summed E-state index contributed by atoms with van der Waals surface area (Å²) in [5.41, 5.74) is 8.14. The third-order valence-corrected chi connectivity index (χ3v) is 6.24. The predicted octanol–water partition coefficient (Wildman–Crippen LogP) is 5.94. The monoisotopic (exact) mass is 316 g/mol. The van der Waals surface area contributed by atoms with Gasteiger partial charge in [-0.3, -0.25) is 0 Å². The summed E-state index contributed by atoms with van der Waals surface area (Å²) in [5, 5.41) is 0. The number of fused-ring (bicyclic) bond motifs is 1. The second-order valence-electron chi connectivity index (χ2n) is 6.55. The molecular weight excluding hydrogens is 296 g/mol. The van der Waals surface area contributed by atoms with Gasteiger partial charge in [-0.05, 0) is 88.5 Å². The molecule has 4 aliphatic rings. The van der Waals surface area contributed by atoms with E-state index in [4.69, 9.17) is 0 Å². The van der Waals surface area contributed by atoms with Crippen LogP contribution in [0, 0.1) is 0 Å². The fourth-order valence-corrected chi connectivity index (χ4v) is 5.07. The van der Waals surface area contributed by atoms with E-state index in [2.05, 4.69) is 35.0 Å². The van der Waals surface area contributed by atoms with Crippen LogP contribution in [0.2, 0.25) is 0 Å². The summed E-state index contributed by atoms with van der Waals surface area (Å²) in [4.78, 5) is 0. The van der Waals surface area contributed by atoms with E-state index < -0.39 is 0 Å². The van der Waals surface area contributed by atoms with E-state index in [-0.39, 0.29) is 0 Å². The number of benzene rings is 1. The molecule has 1 unspecified atom stereocenters. The van der Waals surface area contributed by atoms with Crippen molar-refractivity contribution in [3.8, 4) is 0 Å². The van der Waals surface area contributed by atoms with Crippen molar-refractivity contribution in [2.75, 3.05) is 0 Å². The van der Waals surface area contributed by atoms with Crippen LogP contribution in [0.3, 0.4) is 0 Å². The standard InChI is InChI=1S/C18H21Br/c1-2-4-12-5-3-6-14-15(12)10-16-13-7-11(8-13)9-17(16)18(14)19/h9-10,12-13H,2-8H2,1H3. The maximum atomic E-state index is 3.93. The van der Waals surface area contributed by atoms with Gasteiger partial charge in [0, 0.05) is 4.47 Å². The lowest BCUT2D eigenvalue weighted by molar-refractivity contribution is 0.505. The van der Waals surface area contributed by atoms with Gasteiger partial charge in [0.25, 0.3) is 0 Å². The van der Waals surface area contributed by atoms with Crippen LogP contribution in [0.15, 0.2) is 16.1 Å². The molecule has 0 aliphatic heterocycles. The van der Waals surface area contributed by atoms with Gasteiger partial charge in [-0.15, -0.1) is 0 Å². The summed E-state index contributed by atoms with van der Waals surface area (Å²) in [6.45, 7) is 2.32. The number of halogens is 1. The lowest BCUT2D eigenvalue weighted by Gasteiger charge is -2.39. The third kappa shape index (κ3) is 1.77. The molecule has 0 spiro atoms. The Hall–Kier alpha value is -0.560. The van der Waals surface area contributed by atoms with Crippen molar-refractivity contribution in [2.45, 2.75) is 63.7 Å². The van der Waals surface area contributed by atoms with E-state index in [1.54, 1.807) is 22.3 Å². The molecule has 1 saturated carbocycles. The van der Waals surface area contributed by atoms with Crippen LogP contribution in [0.5, 0.6) is 0 Å². The molecular formula is C18H21Br. The number of hydrogen-bond donors (Lipinski definition) is 0. The Morgan fingerprint density at radius 3 is 2.89 bits per heavy atom. The molecule has 1 atom stereocenters. The Morgan fingerprint density at radius 1 is 1.26 bits per heavy atom. The minimum absolute atomic E-state index is 0.820. The third-order valence-electron chi connectivity index (χ3n) is 5.33. The second-order valence-corrected chi connectivity index (χ2v) is 7.34. The number of allylic oxidation sites excluding steroid dienone is 1. The fraction of sp³-hybridized carbons (Fsp3) is 0.556. The summed E-state index contributed by atoms with van der Waals surface area (Å²) in [6.07, 6.45) is 11.8. The van der Waals surface area contributed by atoms with E-state index >= 15 is 0 Å².